The summed E-state index contributed by atoms with van der Waals surface area (Å²) < 4.78 is 40.6. The quantitative estimate of drug-likeness (QED) is 0.738. The molecule has 0 radical (unpaired) electrons. The van der Waals surface area contributed by atoms with E-state index < -0.39 is 23.8 Å². The Labute approximate surface area is 151 Å². The zero-order valence-electron chi connectivity index (χ0n) is 14.6. The van der Waals surface area contributed by atoms with E-state index in [2.05, 4.69) is 30.5 Å². The Morgan fingerprint density at radius 2 is 1.89 bits per heavy atom. The molecule has 0 aliphatic carbocycles. The first-order valence-electron chi connectivity index (χ1n) is 7.80. The van der Waals surface area contributed by atoms with Crippen LogP contribution in [0.2, 0.25) is 0 Å². The molecule has 3 aromatic heterocycles. The van der Waals surface area contributed by atoms with E-state index in [1.807, 2.05) is 0 Å². The van der Waals surface area contributed by atoms with Crippen molar-refractivity contribution in [2.75, 3.05) is 0 Å². The second-order valence-electron chi connectivity index (χ2n) is 5.71. The SMILES string of the molecule is Cc1nc([C@H](C)NC(=O)c2cc(C(F)(F)F)n(C)n2)n(-c2ncccn2)n1. The van der Waals surface area contributed by atoms with E-state index in [9.17, 15) is 18.0 Å². The number of alkyl halides is 3. The molecule has 0 aliphatic heterocycles. The number of aryl methyl sites for hydroxylation is 2. The summed E-state index contributed by atoms with van der Waals surface area (Å²) in [5.74, 6) is 0.246. The number of carbonyl (C=O) groups is 1. The van der Waals surface area contributed by atoms with Gasteiger partial charge in [-0.1, -0.05) is 0 Å². The van der Waals surface area contributed by atoms with Crippen LogP contribution in [-0.4, -0.2) is 40.4 Å². The molecule has 3 rings (SSSR count). The Hall–Kier alpha value is -3.31. The molecule has 3 aromatic rings. The maximum Gasteiger partial charge on any atom is 0.433 e. The van der Waals surface area contributed by atoms with Crippen LogP contribution >= 0.6 is 0 Å². The second kappa shape index (κ2) is 6.78. The summed E-state index contributed by atoms with van der Waals surface area (Å²) in [6, 6.07) is 1.65. The lowest BCUT2D eigenvalue weighted by atomic mass is 10.2. The van der Waals surface area contributed by atoms with Gasteiger partial charge in [0.1, 0.15) is 11.5 Å². The monoisotopic (exact) mass is 380 g/mol. The number of nitrogens with one attached hydrogen (secondary N) is 1. The predicted octanol–water partition coefficient (Wildman–Crippen LogP) is 1.61. The molecule has 142 valence electrons. The van der Waals surface area contributed by atoms with E-state index in [1.54, 1.807) is 19.9 Å². The van der Waals surface area contributed by atoms with Crippen LogP contribution in [-0.2, 0) is 13.2 Å². The number of carbonyl (C=O) groups excluding carboxylic acids is 1. The van der Waals surface area contributed by atoms with Crippen molar-refractivity contribution in [1.29, 1.82) is 0 Å². The topological polar surface area (TPSA) is 103 Å². The third kappa shape index (κ3) is 3.78. The van der Waals surface area contributed by atoms with Crippen LogP contribution in [0.15, 0.2) is 24.5 Å². The molecular weight excluding hydrogens is 365 g/mol. The molecule has 0 fully saturated rings. The lowest BCUT2D eigenvalue weighted by Crippen LogP contribution is -2.29. The van der Waals surface area contributed by atoms with Crippen molar-refractivity contribution in [3.05, 3.63) is 47.6 Å². The molecule has 1 amide bonds. The second-order valence-corrected chi connectivity index (χ2v) is 5.71. The smallest absolute Gasteiger partial charge is 0.341 e. The summed E-state index contributed by atoms with van der Waals surface area (Å²) in [4.78, 5) is 24.7. The zero-order valence-corrected chi connectivity index (χ0v) is 14.6. The standard InChI is InChI=1S/C15H15F3N8O/c1-8(12-22-9(2)23-26(12)14-19-5-4-6-20-14)21-13(27)10-7-11(15(16,17)18)25(3)24-10/h4-8H,1-3H3,(H,21,27)/t8-/m0/s1. The van der Waals surface area contributed by atoms with Crippen molar-refractivity contribution < 1.29 is 18.0 Å². The molecular formula is C15H15F3N8O. The molecule has 0 aliphatic rings. The lowest BCUT2D eigenvalue weighted by molar-refractivity contribution is -0.143. The molecule has 0 saturated carbocycles. The summed E-state index contributed by atoms with van der Waals surface area (Å²) in [6.07, 6.45) is -1.55. The van der Waals surface area contributed by atoms with Gasteiger partial charge in [-0.05, 0) is 19.9 Å². The fourth-order valence-electron chi connectivity index (χ4n) is 2.44. The van der Waals surface area contributed by atoms with Gasteiger partial charge in [-0.2, -0.15) is 23.0 Å². The first-order valence-corrected chi connectivity index (χ1v) is 7.80. The Morgan fingerprint density at radius 3 is 2.48 bits per heavy atom. The van der Waals surface area contributed by atoms with E-state index in [-0.39, 0.29) is 11.6 Å². The van der Waals surface area contributed by atoms with Crippen molar-refractivity contribution in [3.8, 4) is 5.95 Å². The van der Waals surface area contributed by atoms with Crippen molar-refractivity contribution >= 4 is 5.91 Å². The maximum absolute atomic E-state index is 12.9. The molecule has 0 bridgehead atoms. The Balaban J connectivity index is 1.84. The van der Waals surface area contributed by atoms with Gasteiger partial charge in [0, 0.05) is 25.5 Å². The number of hydrogen-bond donors (Lipinski definition) is 1. The fourth-order valence-corrected chi connectivity index (χ4v) is 2.44. The van der Waals surface area contributed by atoms with Gasteiger partial charge < -0.3 is 5.32 Å². The molecule has 27 heavy (non-hydrogen) atoms. The van der Waals surface area contributed by atoms with Crippen molar-refractivity contribution in [3.63, 3.8) is 0 Å². The van der Waals surface area contributed by atoms with Crippen LogP contribution in [0.1, 0.15) is 40.8 Å². The van der Waals surface area contributed by atoms with Crippen LogP contribution in [0.5, 0.6) is 0 Å². The average Bonchev–Trinajstić information content (AvgIpc) is 3.18. The Morgan fingerprint density at radius 1 is 1.22 bits per heavy atom. The lowest BCUT2D eigenvalue weighted by Gasteiger charge is -2.12. The van der Waals surface area contributed by atoms with Gasteiger partial charge in [0.15, 0.2) is 11.5 Å². The normalized spacial score (nSPS) is 12.8. The first-order chi connectivity index (χ1) is 12.7. The highest BCUT2D eigenvalue weighted by Crippen LogP contribution is 2.29. The number of hydrogen-bond acceptors (Lipinski definition) is 6. The molecule has 0 saturated heterocycles. The van der Waals surface area contributed by atoms with E-state index in [0.717, 1.165) is 7.05 Å². The highest BCUT2D eigenvalue weighted by Gasteiger charge is 2.36. The van der Waals surface area contributed by atoms with E-state index in [1.165, 1.54) is 17.1 Å². The molecule has 3 heterocycles. The number of rotatable bonds is 4. The zero-order chi connectivity index (χ0) is 19.8. The van der Waals surface area contributed by atoms with Crippen molar-refractivity contribution in [2.45, 2.75) is 26.1 Å². The van der Waals surface area contributed by atoms with Crippen molar-refractivity contribution in [2.24, 2.45) is 7.05 Å². The Kier molecular flexibility index (Phi) is 4.64. The van der Waals surface area contributed by atoms with Crippen LogP contribution < -0.4 is 5.32 Å². The van der Waals surface area contributed by atoms with E-state index in [4.69, 9.17) is 0 Å². The predicted molar refractivity (Wildman–Crippen MR) is 85.8 cm³/mol. The molecule has 0 spiro atoms. The van der Waals surface area contributed by atoms with Crippen LogP contribution in [0.3, 0.4) is 0 Å². The van der Waals surface area contributed by atoms with Gasteiger partial charge in [-0.15, -0.1) is 5.10 Å². The van der Waals surface area contributed by atoms with E-state index in [0.29, 0.717) is 22.4 Å². The van der Waals surface area contributed by atoms with Gasteiger partial charge in [0.05, 0.1) is 6.04 Å². The average molecular weight is 380 g/mol. The highest BCUT2D eigenvalue weighted by molar-refractivity contribution is 5.92. The summed E-state index contributed by atoms with van der Waals surface area (Å²) in [5.41, 5.74) is -1.37. The molecule has 0 aromatic carbocycles. The first kappa shape index (κ1) is 18.5. The fraction of sp³-hybridized carbons (Fsp3) is 0.333. The van der Waals surface area contributed by atoms with Gasteiger partial charge in [0.25, 0.3) is 11.9 Å². The molecule has 1 atom stereocenters. The number of aromatic nitrogens is 7. The van der Waals surface area contributed by atoms with Gasteiger partial charge >= 0.3 is 6.18 Å². The van der Waals surface area contributed by atoms with Crippen molar-refractivity contribution in [1.82, 2.24) is 39.8 Å². The number of amides is 1. The molecule has 9 nitrogen and oxygen atoms in total. The maximum atomic E-state index is 12.9. The third-order valence-electron chi connectivity index (χ3n) is 3.62. The molecule has 0 unspecified atom stereocenters. The highest BCUT2D eigenvalue weighted by atomic mass is 19.4. The van der Waals surface area contributed by atoms with Crippen LogP contribution in [0.25, 0.3) is 5.95 Å². The molecule has 12 heteroatoms. The minimum absolute atomic E-state index is 0.256. The van der Waals surface area contributed by atoms with Crippen LogP contribution in [0.4, 0.5) is 13.2 Å². The summed E-state index contributed by atoms with van der Waals surface area (Å²) in [5, 5.41) is 10.4. The van der Waals surface area contributed by atoms with Gasteiger partial charge in [-0.3, -0.25) is 9.48 Å². The van der Waals surface area contributed by atoms with E-state index >= 15 is 0 Å². The largest absolute Gasteiger partial charge is 0.433 e. The minimum Gasteiger partial charge on any atom is -0.341 e. The summed E-state index contributed by atoms with van der Waals surface area (Å²) in [6.45, 7) is 3.28. The molecule has 1 N–H and O–H groups in total. The third-order valence-corrected chi connectivity index (χ3v) is 3.62. The minimum atomic E-state index is -4.60. The summed E-state index contributed by atoms with van der Waals surface area (Å²) in [7, 11) is 1.12. The van der Waals surface area contributed by atoms with Crippen LogP contribution in [0, 0.1) is 6.92 Å². The number of nitrogens with zero attached hydrogens (tertiary/aromatic N) is 7. The number of halogens is 3. The summed E-state index contributed by atoms with van der Waals surface area (Å²) >= 11 is 0. The van der Waals surface area contributed by atoms with Gasteiger partial charge in [-0.25, -0.2) is 15.0 Å². The Bertz CT molecular complexity index is 963. The van der Waals surface area contributed by atoms with Gasteiger partial charge in [0.2, 0.25) is 0 Å².